The molecule has 0 saturated carbocycles. The van der Waals surface area contributed by atoms with E-state index in [9.17, 15) is 9.18 Å². The van der Waals surface area contributed by atoms with E-state index in [1.807, 2.05) is 5.38 Å². The fraction of sp³-hybridized carbons (Fsp3) is 0.0500. The Bertz CT molecular complexity index is 1340. The average Bonchev–Trinajstić information content (AvgIpc) is 3.47. The van der Waals surface area contributed by atoms with Crippen LogP contribution >= 0.6 is 23.1 Å². The highest BCUT2D eigenvalue weighted by Crippen LogP contribution is 2.32. The maximum atomic E-state index is 13.2. The van der Waals surface area contributed by atoms with Gasteiger partial charge < -0.3 is 13.9 Å². The van der Waals surface area contributed by atoms with Gasteiger partial charge in [-0.3, -0.25) is 4.79 Å². The molecule has 29 heavy (non-hydrogen) atoms. The molecule has 1 N–H and O–H groups in total. The summed E-state index contributed by atoms with van der Waals surface area (Å²) in [7, 11) is 0. The van der Waals surface area contributed by atoms with Crippen molar-refractivity contribution in [2.24, 2.45) is 0 Å². The maximum absolute atomic E-state index is 13.2. The van der Waals surface area contributed by atoms with E-state index in [4.69, 9.17) is 8.94 Å². The molecule has 0 aliphatic heterocycles. The highest BCUT2D eigenvalue weighted by atomic mass is 32.2. The second-order valence-corrected chi connectivity index (χ2v) is 7.98. The fourth-order valence-electron chi connectivity index (χ4n) is 2.90. The first kappa shape index (κ1) is 17.9. The lowest BCUT2D eigenvalue weighted by molar-refractivity contribution is 0.413. The minimum atomic E-state index is -0.318. The van der Waals surface area contributed by atoms with Gasteiger partial charge >= 0.3 is 0 Å². The third-order valence-electron chi connectivity index (χ3n) is 4.26. The predicted octanol–water partition coefficient (Wildman–Crippen LogP) is 5.33. The zero-order chi connectivity index (χ0) is 19.8. The molecular formula is C20H12FN3O3S2. The van der Waals surface area contributed by atoms with Crippen molar-refractivity contribution in [3.8, 4) is 22.6 Å². The van der Waals surface area contributed by atoms with Crippen molar-refractivity contribution in [2.45, 2.75) is 10.9 Å². The molecular weight excluding hydrogens is 413 g/mol. The van der Waals surface area contributed by atoms with Crippen LogP contribution in [-0.4, -0.2) is 15.1 Å². The van der Waals surface area contributed by atoms with Crippen LogP contribution < -0.4 is 5.56 Å². The van der Waals surface area contributed by atoms with Crippen molar-refractivity contribution < 1.29 is 13.3 Å². The number of rotatable bonds is 5. The number of aromatic nitrogens is 3. The quantitative estimate of drug-likeness (QED) is 0.303. The molecule has 4 aromatic heterocycles. The number of hydrogen-bond acceptors (Lipinski definition) is 7. The summed E-state index contributed by atoms with van der Waals surface area (Å²) in [5, 5.41) is 6.89. The largest absolute Gasteiger partial charge is 0.461 e. The Balaban J connectivity index is 1.39. The zero-order valence-electron chi connectivity index (χ0n) is 14.7. The molecule has 0 aliphatic rings. The summed E-state index contributed by atoms with van der Waals surface area (Å²) >= 11 is 2.74. The van der Waals surface area contributed by atoms with Crippen LogP contribution in [0.3, 0.4) is 0 Å². The van der Waals surface area contributed by atoms with Gasteiger partial charge in [-0.1, -0.05) is 29.1 Å². The van der Waals surface area contributed by atoms with Gasteiger partial charge in [0.15, 0.2) is 10.9 Å². The predicted molar refractivity (Wildman–Crippen MR) is 109 cm³/mol. The van der Waals surface area contributed by atoms with Gasteiger partial charge in [0, 0.05) is 22.8 Å². The number of halogens is 1. The molecule has 0 saturated heterocycles. The van der Waals surface area contributed by atoms with Crippen LogP contribution in [0, 0.1) is 5.82 Å². The normalized spacial score (nSPS) is 11.3. The number of thiophene rings is 1. The summed E-state index contributed by atoms with van der Waals surface area (Å²) < 4.78 is 23.7. The van der Waals surface area contributed by atoms with Gasteiger partial charge in [0.05, 0.1) is 17.3 Å². The molecule has 0 unspecified atom stereocenters. The van der Waals surface area contributed by atoms with E-state index in [2.05, 4.69) is 15.1 Å². The topological polar surface area (TPSA) is 84.9 Å². The van der Waals surface area contributed by atoms with Crippen molar-refractivity contribution in [1.82, 2.24) is 15.1 Å². The Morgan fingerprint density at radius 3 is 2.83 bits per heavy atom. The number of nitrogens with one attached hydrogen (secondary N) is 1. The molecule has 4 heterocycles. The van der Waals surface area contributed by atoms with Crippen LogP contribution in [-0.2, 0) is 5.75 Å². The number of benzene rings is 1. The molecule has 6 nitrogen and oxygen atoms in total. The number of nitrogens with zero attached hydrogens (tertiary/aromatic N) is 2. The van der Waals surface area contributed by atoms with Gasteiger partial charge in [0.2, 0.25) is 5.76 Å². The maximum Gasteiger partial charge on any atom is 0.260 e. The first-order valence-electron chi connectivity index (χ1n) is 8.57. The Labute approximate surface area is 171 Å². The fourth-order valence-corrected chi connectivity index (χ4v) is 4.64. The summed E-state index contributed by atoms with van der Waals surface area (Å²) in [4.78, 5) is 20.7. The van der Waals surface area contributed by atoms with Gasteiger partial charge in [-0.05, 0) is 29.8 Å². The Hall–Kier alpha value is -3.17. The number of fused-ring (bicyclic) bond motifs is 1. The molecule has 0 aliphatic carbocycles. The zero-order valence-corrected chi connectivity index (χ0v) is 16.3. The SMILES string of the molecule is O=c1[nH]c(SCc2cc(-c3ccco3)on2)nc2scc(-c3ccc(F)cc3)c12. The van der Waals surface area contributed by atoms with Crippen LogP contribution in [0.25, 0.3) is 32.9 Å². The monoisotopic (exact) mass is 425 g/mol. The number of thioether (sulfide) groups is 1. The molecule has 0 spiro atoms. The van der Waals surface area contributed by atoms with Crippen LogP contribution in [0.15, 0.2) is 73.0 Å². The molecule has 5 aromatic rings. The summed E-state index contributed by atoms with van der Waals surface area (Å²) in [6.07, 6.45) is 1.57. The Morgan fingerprint density at radius 2 is 2.03 bits per heavy atom. The summed E-state index contributed by atoms with van der Waals surface area (Å²) in [5.74, 6) is 1.31. The minimum absolute atomic E-state index is 0.227. The molecule has 0 bridgehead atoms. The summed E-state index contributed by atoms with van der Waals surface area (Å²) in [6, 6.07) is 11.4. The lowest BCUT2D eigenvalue weighted by Crippen LogP contribution is -2.08. The molecule has 0 atom stereocenters. The number of furan rings is 1. The molecule has 0 fully saturated rings. The van der Waals surface area contributed by atoms with E-state index in [-0.39, 0.29) is 11.4 Å². The third kappa shape index (κ3) is 3.50. The van der Waals surface area contributed by atoms with E-state index in [1.165, 1.54) is 35.2 Å². The molecule has 0 amide bonds. The van der Waals surface area contributed by atoms with Crippen LogP contribution in [0.5, 0.6) is 0 Å². The number of H-pyrrole nitrogens is 1. The average molecular weight is 425 g/mol. The molecule has 144 valence electrons. The van der Waals surface area contributed by atoms with Gasteiger partial charge in [-0.2, -0.15) is 0 Å². The molecule has 9 heteroatoms. The van der Waals surface area contributed by atoms with Crippen molar-refractivity contribution in [3.63, 3.8) is 0 Å². The second kappa shape index (κ2) is 7.34. The Kier molecular flexibility index (Phi) is 4.53. The van der Waals surface area contributed by atoms with E-state index < -0.39 is 0 Å². The van der Waals surface area contributed by atoms with Crippen LogP contribution in [0.2, 0.25) is 0 Å². The van der Waals surface area contributed by atoms with Crippen molar-refractivity contribution in [3.05, 3.63) is 76.0 Å². The van der Waals surface area contributed by atoms with E-state index >= 15 is 0 Å². The Morgan fingerprint density at radius 1 is 1.17 bits per heavy atom. The smallest absolute Gasteiger partial charge is 0.260 e. The van der Waals surface area contributed by atoms with Gasteiger partial charge in [-0.15, -0.1) is 11.3 Å². The number of hydrogen-bond donors (Lipinski definition) is 1. The lowest BCUT2D eigenvalue weighted by atomic mass is 10.1. The minimum Gasteiger partial charge on any atom is -0.461 e. The number of aromatic amines is 1. The van der Waals surface area contributed by atoms with Crippen LogP contribution in [0.4, 0.5) is 4.39 Å². The third-order valence-corrected chi connectivity index (χ3v) is 6.04. The van der Waals surface area contributed by atoms with Crippen molar-refractivity contribution in [1.29, 1.82) is 0 Å². The van der Waals surface area contributed by atoms with Gasteiger partial charge in [-0.25, -0.2) is 9.37 Å². The molecule has 0 radical (unpaired) electrons. The highest BCUT2D eigenvalue weighted by molar-refractivity contribution is 7.98. The van der Waals surface area contributed by atoms with Gasteiger partial charge in [0.25, 0.3) is 5.56 Å². The van der Waals surface area contributed by atoms with Gasteiger partial charge in [0.1, 0.15) is 10.6 Å². The first-order chi connectivity index (χ1) is 14.2. The van der Waals surface area contributed by atoms with E-state index in [0.717, 1.165) is 11.1 Å². The summed E-state index contributed by atoms with van der Waals surface area (Å²) in [5.41, 5.74) is 2.00. The molecule has 5 rings (SSSR count). The van der Waals surface area contributed by atoms with Crippen molar-refractivity contribution in [2.75, 3.05) is 0 Å². The van der Waals surface area contributed by atoms with E-state index in [1.54, 1.807) is 36.6 Å². The highest BCUT2D eigenvalue weighted by Gasteiger charge is 2.14. The summed E-state index contributed by atoms with van der Waals surface area (Å²) in [6.45, 7) is 0. The standard InChI is InChI=1S/C20H12FN3O3S2/c21-12-5-3-11(4-6-12)14-10-28-19-17(14)18(25)22-20(23-19)29-9-13-8-16(27-24-13)15-2-1-7-26-15/h1-8,10H,9H2,(H,22,23,25). The second-order valence-electron chi connectivity index (χ2n) is 6.16. The van der Waals surface area contributed by atoms with E-state index in [0.29, 0.717) is 38.3 Å². The molecule has 1 aromatic carbocycles. The lowest BCUT2D eigenvalue weighted by Gasteiger charge is -2.01. The first-order valence-corrected chi connectivity index (χ1v) is 10.4. The van der Waals surface area contributed by atoms with Crippen molar-refractivity contribution >= 4 is 33.3 Å². The van der Waals surface area contributed by atoms with Crippen LogP contribution in [0.1, 0.15) is 5.69 Å².